The van der Waals surface area contributed by atoms with Gasteiger partial charge in [0, 0.05) is 31.7 Å². The van der Waals surface area contributed by atoms with E-state index in [0.29, 0.717) is 30.2 Å². The summed E-state index contributed by atoms with van der Waals surface area (Å²) in [6.45, 7) is 0.675. The van der Waals surface area contributed by atoms with E-state index < -0.39 is 0 Å². The first kappa shape index (κ1) is 16.8. The van der Waals surface area contributed by atoms with Crippen LogP contribution < -0.4 is 10.6 Å². The lowest BCUT2D eigenvalue weighted by atomic mass is 9.82. The minimum absolute atomic E-state index is 0.494. The molecule has 2 fully saturated rings. The van der Waals surface area contributed by atoms with Gasteiger partial charge in [0.05, 0.1) is 11.6 Å². The maximum absolute atomic E-state index is 8.99. The molecule has 3 rings (SSSR count). The molecule has 1 aromatic rings. The number of rotatable bonds is 3. The van der Waals surface area contributed by atoms with E-state index in [0.717, 1.165) is 11.5 Å². The molecule has 2 aliphatic rings. The van der Waals surface area contributed by atoms with Crippen LogP contribution in [-0.2, 0) is 6.54 Å². The van der Waals surface area contributed by atoms with Crippen LogP contribution in [0.4, 0.5) is 0 Å². The molecule has 2 unspecified atom stereocenters. The molecular formula is C19H27N5. The predicted molar refractivity (Wildman–Crippen MR) is 96.7 cm³/mol. The lowest BCUT2D eigenvalue weighted by Crippen LogP contribution is -2.56. The molecule has 0 amide bonds. The molecule has 24 heavy (non-hydrogen) atoms. The van der Waals surface area contributed by atoms with Gasteiger partial charge in [0.1, 0.15) is 0 Å². The van der Waals surface area contributed by atoms with Gasteiger partial charge in [0.2, 0.25) is 0 Å². The molecular weight excluding hydrogens is 298 g/mol. The van der Waals surface area contributed by atoms with Crippen LogP contribution >= 0.6 is 0 Å². The van der Waals surface area contributed by atoms with Crippen molar-refractivity contribution < 1.29 is 0 Å². The van der Waals surface area contributed by atoms with Crippen LogP contribution in [0.3, 0.4) is 0 Å². The van der Waals surface area contributed by atoms with Gasteiger partial charge in [-0.1, -0.05) is 18.6 Å². The lowest BCUT2D eigenvalue weighted by molar-refractivity contribution is 0.0526. The zero-order valence-corrected chi connectivity index (χ0v) is 14.6. The van der Waals surface area contributed by atoms with Gasteiger partial charge in [0.15, 0.2) is 5.96 Å². The van der Waals surface area contributed by atoms with Gasteiger partial charge >= 0.3 is 0 Å². The maximum atomic E-state index is 8.99. The van der Waals surface area contributed by atoms with E-state index in [-0.39, 0.29) is 0 Å². The molecule has 0 spiro atoms. The Balaban J connectivity index is 1.54. The summed E-state index contributed by atoms with van der Waals surface area (Å²) in [5.74, 6) is 0.852. The van der Waals surface area contributed by atoms with E-state index in [1.165, 1.54) is 32.1 Å². The Kier molecular flexibility index (Phi) is 5.37. The number of fused-ring (bicyclic) bond motifs is 2. The minimum atomic E-state index is 0.494. The highest BCUT2D eigenvalue weighted by Gasteiger charge is 2.36. The van der Waals surface area contributed by atoms with Crippen molar-refractivity contribution in [2.45, 2.75) is 56.8 Å². The molecule has 2 saturated heterocycles. The molecule has 2 atom stereocenters. The summed E-state index contributed by atoms with van der Waals surface area (Å²) in [5, 5.41) is 16.0. The smallest absolute Gasteiger partial charge is 0.191 e. The second kappa shape index (κ2) is 7.67. The van der Waals surface area contributed by atoms with Crippen molar-refractivity contribution in [2.75, 3.05) is 14.1 Å². The number of hydrogen-bond acceptors (Lipinski definition) is 3. The second-order valence-electron chi connectivity index (χ2n) is 6.95. The summed E-state index contributed by atoms with van der Waals surface area (Å²) >= 11 is 0. The summed E-state index contributed by atoms with van der Waals surface area (Å²) < 4.78 is 0. The topological polar surface area (TPSA) is 63.5 Å². The normalized spacial score (nSPS) is 27.4. The summed E-state index contributed by atoms with van der Waals surface area (Å²) in [4.78, 5) is 6.94. The molecule has 2 heterocycles. The highest BCUT2D eigenvalue weighted by molar-refractivity contribution is 5.80. The van der Waals surface area contributed by atoms with Gasteiger partial charge in [-0.3, -0.25) is 4.99 Å². The standard InChI is InChI=1S/C19H27N5/c1-21-19(22-13-15-6-3-5-14(9-15)12-20)23-16-10-17-7-4-8-18(11-16)24(17)2/h3,5-6,9,16-18H,4,7-8,10-11,13H2,1-2H3,(H2,21,22,23). The lowest BCUT2D eigenvalue weighted by Gasteiger charge is -2.47. The SMILES string of the molecule is CN=C(NCc1cccc(C#N)c1)NC1CC2CCCC(C1)N2C. The molecule has 1 aromatic carbocycles. The van der Waals surface area contributed by atoms with E-state index in [1.54, 1.807) is 0 Å². The van der Waals surface area contributed by atoms with Crippen molar-refractivity contribution in [3.8, 4) is 6.07 Å². The van der Waals surface area contributed by atoms with Crippen molar-refractivity contribution in [1.82, 2.24) is 15.5 Å². The fourth-order valence-electron chi connectivity index (χ4n) is 4.06. The van der Waals surface area contributed by atoms with Gasteiger partial charge < -0.3 is 15.5 Å². The maximum Gasteiger partial charge on any atom is 0.191 e. The molecule has 5 nitrogen and oxygen atoms in total. The zero-order valence-electron chi connectivity index (χ0n) is 14.6. The third-order valence-corrected chi connectivity index (χ3v) is 5.42. The monoisotopic (exact) mass is 325 g/mol. The van der Waals surface area contributed by atoms with Crippen LogP contribution in [0.2, 0.25) is 0 Å². The van der Waals surface area contributed by atoms with Gasteiger partial charge in [-0.05, 0) is 50.4 Å². The molecule has 2 N–H and O–H groups in total. The Hall–Kier alpha value is -2.06. The number of guanidine groups is 1. The minimum Gasteiger partial charge on any atom is -0.354 e. The Labute approximate surface area is 144 Å². The molecule has 128 valence electrons. The number of aliphatic imine (C=N–C) groups is 1. The van der Waals surface area contributed by atoms with Crippen LogP contribution in [-0.4, -0.2) is 43.1 Å². The van der Waals surface area contributed by atoms with Crippen LogP contribution in [0.25, 0.3) is 0 Å². The van der Waals surface area contributed by atoms with Crippen molar-refractivity contribution in [3.63, 3.8) is 0 Å². The molecule has 0 radical (unpaired) electrons. The van der Waals surface area contributed by atoms with Crippen molar-refractivity contribution in [2.24, 2.45) is 4.99 Å². The molecule has 0 saturated carbocycles. The van der Waals surface area contributed by atoms with E-state index >= 15 is 0 Å². The summed E-state index contributed by atoms with van der Waals surface area (Å²) in [6, 6.07) is 11.8. The van der Waals surface area contributed by atoms with Crippen molar-refractivity contribution in [3.05, 3.63) is 35.4 Å². The predicted octanol–water partition coefficient (Wildman–Crippen LogP) is 2.24. The van der Waals surface area contributed by atoms with Gasteiger partial charge in [-0.25, -0.2) is 0 Å². The third-order valence-electron chi connectivity index (χ3n) is 5.42. The average Bonchev–Trinajstić information content (AvgIpc) is 2.59. The fraction of sp³-hybridized carbons (Fsp3) is 0.579. The van der Waals surface area contributed by atoms with Gasteiger partial charge in [-0.2, -0.15) is 5.26 Å². The van der Waals surface area contributed by atoms with E-state index in [4.69, 9.17) is 5.26 Å². The Morgan fingerprint density at radius 3 is 2.75 bits per heavy atom. The van der Waals surface area contributed by atoms with Crippen LogP contribution in [0.1, 0.15) is 43.2 Å². The number of piperidine rings is 2. The Bertz CT molecular complexity index is 619. The highest BCUT2D eigenvalue weighted by Crippen LogP contribution is 2.32. The number of nitrogens with one attached hydrogen (secondary N) is 2. The highest BCUT2D eigenvalue weighted by atomic mass is 15.2. The molecule has 0 aliphatic carbocycles. The molecule has 0 aromatic heterocycles. The summed E-state index contributed by atoms with van der Waals surface area (Å²) in [7, 11) is 4.09. The number of nitriles is 1. The summed E-state index contributed by atoms with van der Waals surface area (Å²) in [6.07, 6.45) is 6.39. The first-order valence-corrected chi connectivity index (χ1v) is 8.87. The van der Waals surface area contributed by atoms with Crippen LogP contribution in [0.5, 0.6) is 0 Å². The largest absolute Gasteiger partial charge is 0.354 e. The van der Waals surface area contributed by atoms with Gasteiger partial charge in [0.25, 0.3) is 0 Å². The quantitative estimate of drug-likeness (QED) is 0.661. The molecule has 2 aliphatic heterocycles. The van der Waals surface area contributed by atoms with Crippen LogP contribution in [0.15, 0.2) is 29.3 Å². The first-order valence-electron chi connectivity index (χ1n) is 8.87. The zero-order chi connectivity index (χ0) is 16.9. The average molecular weight is 325 g/mol. The Morgan fingerprint density at radius 2 is 2.08 bits per heavy atom. The van der Waals surface area contributed by atoms with E-state index in [2.05, 4.69) is 33.6 Å². The van der Waals surface area contributed by atoms with E-state index in [9.17, 15) is 0 Å². The fourth-order valence-corrected chi connectivity index (χ4v) is 4.06. The van der Waals surface area contributed by atoms with Crippen molar-refractivity contribution in [1.29, 1.82) is 5.26 Å². The van der Waals surface area contributed by atoms with Crippen molar-refractivity contribution >= 4 is 5.96 Å². The van der Waals surface area contributed by atoms with Crippen LogP contribution in [0, 0.1) is 11.3 Å². The first-order chi connectivity index (χ1) is 11.7. The number of benzene rings is 1. The molecule has 5 heteroatoms. The third kappa shape index (κ3) is 3.88. The van der Waals surface area contributed by atoms with Gasteiger partial charge in [-0.15, -0.1) is 0 Å². The Morgan fingerprint density at radius 1 is 1.33 bits per heavy atom. The second-order valence-corrected chi connectivity index (χ2v) is 6.95. The number of hydrogen-bond donors (Lipinski definition) is 2. The summed E-state index contributed by atoms with van der Waals surface area (Å²) in [5.41, 5.74) is 1.79. The van der Waals surface area contributed by atoms with E-state index in [1.807, 2.05) is 31.3 Å². The number of nitrogens with zero attached hydrogens (tertiary/aromatic N) is 3. The molecule has 2 bridgehead atoms.